The number of thiophene rings is 1. The van der Waals surface area contributed by atoms with E-state index in [-0.39, 0.29) is 0 Å². The van der Waals surface area contributed by atoms with Crippen molar-refractivity contribution >= 4 is 28.8 Å². The normalized spacial score (nSPS) is 12.4. The minimum atomic E-state index is 0.297. The molecule has 17 heavy (non-hydrogen) atoms. The van der Waals surface area contributed by atoms with Gasteiger partial charge in [-0.25, -0.2) is 4.98 Å². The zero-order valence-corrected chi connectivity index (χ0v) is 11.4. The van der Waals surface area contributed by atoms with Crippen molar-refractivity contribution in [1.82, 2.24) is 9.97 Å². The van der Waals surface area contributed by atoms with E-state index in [1.165, 1.54) is 4.88 Å². The van der Waals surface area contributed by atoms with Gasteiger partial charge in [0, 0.05) is 11.9 Å². The van der Waals surface area contributed by atoms with Gasteiger partial charge in [-0.15, -0.1) is 22.9 Å². The van der Waals surface area contributed by atoms with E-state index in [1.807, 2.05) is 7.05 Å². The van der Waals surface area contributed by atoms with Crippen LogP contribution in [0.15, 0.2) is 29.9 Å². The molecule has 0 aromatic carbocycles. The first-order valence-electron chi connectivity index (χ1n) is 5.35. The Hall–Kier alpha value is -1.13. The smallest absolute Gasteiger partial charge is 0.147 e. The summed E-state index contributed by atoms with van der Waals surface area (Å²) in [5, 5.41) is 2.09. The van der Waals surface area contributed by atoms with Crippen molar-refractivity contribution < 1.29 is 0 Å². The third kappa shape index (κ3) is 2.76. The highest BCUT2D eigenvalue weighted by Gasteiger charge is 2.14. The maximum absolute atomic E-state index is 5.69. The summed E-state index contributed by atoms with van der Waals surface area (Å²) in [4.78, 5) is 12.0. The van der Waals surface area contributed by atoms with Crippen LogP contribution >= 0.6 is 22.9 Å². The molecule has 1 atom stereocenters. The fourth-order valence-corrected chi connectivity index (χ4v) is 2.48. The lowest BCUT2D eigenvalue weighted by Gasteiger charge is -2.24. The summed E-state index contributed by atoms with van der Waals surface area (Å²) in [7, 11) is 2.02. The van der Waals surface area contributed by atoms with Crippen LogP contribution in [0.3, 0.4) is 0 Å². The topological polar surface area (TPSA) is 29.0 Å². The number of nitrogens with zero attached hydrogens (tertiary/aromatic N) is 3. The number of rotatable bonds is 4. The first kappa shape index (κ1) is 12.3. The Labute approximate surface area is 110 Å². The van der Waals surface area contributed by atoms with Gasteiger partial charge >= 0.3 is 0 Å². The molecule has 0 spiro atoms. The molecule has 1 unspecified atom stereocenters. The summed E-state index contributed by atoms with van der Waals surface area (Å²) in [6.07, 6.45) is 3.49. The first-order valence-corrected chi connectivity index (χ1v) is 6.77. The average Bonchev–Trinajstić information content (AvgIpc) is 2.91. The van der Waals surface area contributed by atoms with Gasteiger partial charge in [-0.2, -0.15) is 0 Å². The van der Waals surface area contributed by atoms with Crippen LogP contribution in [0.1, 0.15) is 23.5 Å². The second-order valence-electron chi connectivity index (χ2n) is 3.80. The minimum absolute atomic E-state index is 0.297. The van der Waals surface area contributed by atoms with Gasteiger partial charge < -0.3 is 4.90 Å². The molecule has 5 heteroatoms. The molecule has 0 saturated carbocycles. The molecule has 0 saturated heterocycles. The molecule has 0 amide bonds. The molecule has 0 fully saturated rings. The van der Waals surface area contributed by atoms with Gasteiger partial charge in [-0.05, 0) is 18.4 Å². The van der Waals surface area contributed by atoms with E-state index in [0.29, 0.717) is 11.9 Å². The molecule has 2 aromatic rings. The molecule has 0 aliphatic rings. The zero-order valence-electron chi connectivity index (χ0n) is 9.80. The Morgan fingerprint density at radius 2 is 2.24 bits per heavy atom. The van der Waals surface area contributed by atoms with Crippen molar-refractivity contribution in [1.29, 1.82) is 0 Å². The Bertz CT molecular complexity index is 455. The second-order valence-corrected chi connectivity index (χ2v) is 5.05. The van der Waals surface area contributed by atoms with E-state index in [4.69, 9.17) is 11.6 Å². The van der Waals surface area contributed by atoms with E-state index in [1.54, 1.807) is 23.7 Å². The number of hydrogen-bond acceptors (Lipinski definition) is 4. The van der Waals surface area contributed by atoms with Gasteiger partial charge in [-0.3, -0.25) is 4.98 Å². The average molecular weight is 268 g/mol. The number of aromatic nitrogens is 2. The summed E-state index contributed by atoms with van der Waals surface area (Å²) in [5.41, 5.74) is 0.799. The summed E-state index contributed by atoms with van der Waals surface area (Å²) in [6, 6.07) is 4.49. The lowest BCUT2D eigenvalue weighted by atomic mass is 10.2. The molecule has 0 aliphatic heterocycles. The SMILES string of the molecule is CC(c1cccs1)N(C)c1cnc(CCl)cn1. The molecule has 2 aromatic heterocycles. The maximum Gasteiger partial charge on any atom is 0.147 e. The molecule has 2 rings (SSSR count). The van der Waals surface area contributed by atoms with Crippen LogP contribution in [0.25, 0.3) is 0 Å². The van der Waals surface area contributed by atoms with Gasteiger partial charge in [0.2, 0.25) is 0 Å². The van der Waals surface area contributed by atoms with E-state index < -0.39 is 0 Å². The monoisotopic (exact) mass is 267 g/mol. The molecular weight excluding hydrogens is 254 g/mol. The number of hydrogen-bond donors (Lipinski definition) is 0. The van der Waals surface area contributed by atoms with Crippen LogP contribution in [0.4, 0.5) is 5.82 Å². The van der Waals surface area contributed by atoms with Gasteiger partial charge in [0.05, 0.1) is 30.0 Å². The largest absolute Gasteiger partial charge is 0.351 e. The number of anilines is 1. The molecule has 0 N–H and O–H groups in total. The van der Waals surface area contributed by atoms with Crippen molar-refractivity contribution in [3.63, 3.8) is 0 Å². The molecule has 2 heterocycles. The number of alkyl halides is 1. The van der Waals surface area contributed by atoms with E-state index >= 15 is 0 Å². The first-order chi connectivity index (χ1) is 8.22. The van der Waals surface area contributed by atoms with Crippen molar-refractivity contribution in [2.45, 2.75) is 18.8 Å². The lowest BCUT2D eigenvalue weighted by molar-refractivity contribution is 0.738. The molecule has 0 radical (unpaired) electrons. The van der Waals surface area contributed by atoms with Gasteiger partial charge in [0.15, 0.2) is 0 Å². The summed E-state index contributed by atoms with van der Waals surface area (Å²) in [5.74, 6) is 1.26. The number of halogens is 1. The Kier molecular flexibility index (Phi) is 3.97. The maximum atomic E-state index is 5.69. The van der Waals surface area contributed by atoms with Crippen LogP contribution in [-0.2, 0) is 5.88 Å². The predicted molar refractivity (Wildman–Crippen MR) is 72.7 cm³/mol. The zero-order chi connectivity index (χ0) is 12.3. The molecule has 0 aliphatic carbocycles. The van der Waals surface area contributed by atoms with Crippen molar-refractivity contribution in [3.05, 3.63) is 40.5 Å². The Morgan fingerprint density at radius 3 is 2.76 bits per heavy atom. The van der Waals surface area contributed by atoms with E-state index in [9.17, 15) is 0 Å². The highest BCUT2D eigenvalue weighted by atomic mass is 35.5. The lowest BCUT2D eigenvalue weighted by Crippen LogP contribution is -2.22. The Morgan fingerprint density at radius 1 is 1.41 bits per heavy atom. The fraction of sp³-hybridized carbons (Fsp3) is 0.333. The fourth-order valence-electron chi connectivity index (χ4n) is 1.52. The van der Waals surface area contributed by atoms with Crippen molar-refractivity contribution in [2.75, 3.05) is 11.9 Å². The minimum Gasteiger partial charge on any atom is -0.351 e. The van der Waals surface area contributed by atoms with Gasteiger partial charge in [0.25, 0.3) is 0 Å². The van der Waals surface area contributed by atoms with Crippen molar-refractivity contribution in [2.24, 2.45) is 0 Å². The summed E-state index contributed by atoms with van der Waals surface area (Å²) in [6.45, 7) is 2.16. The van der Waals surface area contributed by atoms with Gasteiger partial charge in [-0.1, -0.05) is 6.07 Å². The third-order valence-corrected chi connectivity index (χ3v) is 4.04. The highest BCUT2D eigenvalue weighted by molar-refractivity contribution is 7.10. The predicted octanol–water partition coefficient (Wildman–Crippen LogP) is 3.47. The van der Waals surface area contributed by atoms with Crippen LogP contribution in [0.2, 0.25) is 0 Å². The van der Waals surface area contributed by atoms with Crippen LogP contribution in [-0.4, -0.2) is 17.0 Å². The third-order valence-electron chi connectivity index (χ3n) is 2.73. The standard InChI is InChI=1S/C12H14ClN3S/c1-9(11-4-3-5-17-11)16(2)12-8-14-10(6-13)7-15-12/h3-5,7-9H,6H2,1-2H3. The molecule has 3 nitrogen and oxygen atoms in total. The summed E-state index contributed by atoms with van der Waals surface area (Å²) < 4.78 is 0. The molecule has 0 bridgehead atoms. The van der Waals surface area contributed by atoms with E-state index in [2.05, 4.69) is 39.3 Å². The van der Waals surface area contributed by atoms with Crippen LogP contribution in [0, 0.1) is 0 Å². The molecule has 90 valence electrons. The van der Waals surface area contributed by atoms with E-state index in [0.717, 1.165) is 11.5 Å². The summed E-state index contributed by atoms with van der Waals surface area (Å²) >= 11 is 7.44. The highest BCUT2D eigenvalue weighted by Crippen LogP contribution is 2.26. The van der Waals surface area contributed by atoms with Crippen molar-refractivity contribution in [3.8, 4) is 0 Å². The molecular formula is C12H14ClN3S. The second kappa shape index (κ2) is 5.47. The Balaban J connectivity index is 2.16. The van der Waals surface area contributed by atoms with Gasteiger partial charge in [0.1, 0.15) is 5.82 Å². The quantitative estimate of drug-likeness (QED) is 0.795. The van der Waals surface area contributed by atoms with Crippen LogP contribution < -0.4 is 4.90 Å². The van der Waals surface area contributed by atoms with Crippen LogP contribution in [0.5, 0.6) is 0 Å².